The van der Waals surface area contributed by atoms with Crippen molar-refractivity contribution in [2.24, 2.45) is 0 Å². The Balaban J connectivity index is 2.12. The maximum Gasteiger partial charge on any atom is 0.122 e. The molecular formula is C11H10Cl2N2O. The minimum atomic E-state index is 0.447. The molecule has 0 spiro atoms. The van der Waals surface area contributed by atoms with Crippen molar-refractivity contribution in [2.45, 2.75) is 6.54 Å². The van der Waals surface area contributed by atoms with E-state index in [-0.39, 0.29) is 0 Å². The predicted octanol–water partition coefficient (Wildman–Crippen LogP) is 3.78. The van der Waals surface area contributed by atoms with E-state index in [4.69, 9.17) is 33.4 Å². The highest BCUT2D eigenvalue weighted by atomic mass is 35.5. The summed E-state index contributed by atoms with van der Waals surface area (Å²) in [5.41, 5.74) is 7.09. The third-order valence-corrected chi connectivity index (χ3v) is 2.85. The van der Waals surface area contributed by atoms with Crippen molar-refractivity contribution < 1.29 is 4.42 Å². The smallest absolute Gasteiger partial charge is 0.122 e. The molecule has 1 aromatic heterocycles. The normalized spacial score (nSPS) is 10.4. The van der Waals surface area contributed by atoms with Crippen LogP contribution < -0.4 is 11.1 Å². The van der Waals surface area contributed by atoms with E-state index in [1.165, 1.54) is 0 Å². The van der Waals surface area contributed by atoms with Crippen LogP contribution in [0.25, 0.3) is 0 Å². The van der Waals surface area contributed by atoms with E-state index in [1.54, 1.807) is 18.4 Å². The van der Waals surface area contributed by atoms with Gasteiger partial charge in [-0.25, -0.2) is 0 Å². The van der Waals surface area contributed by atoms with Crippen molar-refractivity contribution in [1.29, 1.82) is 0 Å². The molecule has 0 aliphatic heterocycles. The maximum atomic E-state index is 5.90. The number of benzene rings is 1. The number of anilines is 2. The van der Waals surface area contributed by atoms with Gasteiger partial charge in [0, 0.05) is 0 Å². The lowest BCUT2D eigenvalue weighted by Crippen LogP contribution is -2.01. The van der Waals surface area contributed by atoms with Crippen LogP contribution in [0, 0.1) is 0 Å². The lowest BCUT2D eigenvalue weighted by Gasteiger charge is -2.09. The molecule has 3 N–H and O–H groups in total. The molecule has 0 saturated carbocycles. The summed E-state index contributed by atoms with van der Waals surface area (Å²) in [6.45, 7) is 0.551. The monoisotopic (exact) mass is 256 g/mol. The van der Waals surface area contributed by atoms with E-state index in [2.05, 4.69) is 5.32 Å². The number of nitrogen functional groups attached to an aromatic ring is 1. The standard InChI is InChI=1S/C11H10Cl2N2O/c12-8-4-10(14)11(5-9(8)13)15-6-7-2-1-3-16-7/h1-5,15H,6,14H2. The van der Waals surface area contributed by atoms with E-state index < -0.39 is 0 Å². The second-order valence-corrected chi connectivity index (χ2v) is 4.10. The number of rotatable bonds is 3. The number of halogens is 2. The van der Waals surface area contributed by atoms with Gasteiger partial charge in [0.1, 0.15) is 5.76 Å². The second kappa shape index (κ2) is 4.68. The van der Waals surface area contributed by atoms with Gasteiger partial charge in [0.05, 0.1) is 34.2 Å². The highest BCUT2D eigenvalue weighted by molar-refractivity contribution is 6.42. The number of nitrogens with one attached hydrogen (secondary N) is 1. The molecule has 0 amide bonds. The van der Waals surface area contributed by atoms with Crippen molar-refractivity contribution in [1.82, 2.24) is 0 Å². The molecule has 0 fully saturated rings. The summed E-state index contributed by atoms with van der Waals surface area (Å²) >= 11 is 11.7. The highest BCUT2D eigenvalue weighted by Gasteiger charge is 2.05. The third-order valence-electron chi connectivity index (χ3n) is 2.13. The number of hydrogen-bond acceptors (Lipinski definition) is 3. The first kappa shape index (κ1) is 11.2. The van der Waals surface area contributed by atoms with Gasteiger partial charge in [0.15, 0.2) is 0 Å². The zero-order valence-electron chi connectivity index (χ0n) is 8.34. The molecule has 0 unspecified atom stereocenters. The Morgan fingerprint density at radius 3 is 2.69 bits per heavy atom. The van der Waals surface area contributed by atoms with Crippen molar-refractivity contribution in [3.63, 3.8) is 0 Å². The van der Waals surface area contributed by atoms with Crippen LogP contribution in [0.15, 0.2) is 34.9 Å². The minimum absolute atomic E-state index is 0.447. The first-order valence-corrected chi connectivity index (χ1v) is 5.43. The van der Waals surface area contributed by atoms with Crippen LogP contribution in [0.2, 0.25) is 10.0 Å². The summed E-state index contributed by atoms with van der Waals surface area (Å²) in [6, 6.07) is 7.02. The van der Waals surface area contributed by atoms with Gasteiger partial charge in [-0.3, -0.25) is 0 Å². The van der Waals surface area contributed by atoms with Crippen LogP contribution in [-0.2, 0) is 6.54 Å². The van der Waals surface area contributed by atoms with Gasteiger partial charge in [-0.1, -0.05) is 23.2 Å². The Morgan fingerprint density at radius 2 is 2.00 bits per heavy atom. The first-order valence-electron chi connectivity index (χ1n) is 4.67. The summed E-state index contributed by atoms with van der Waals surface area (Å²) in [4.78, 5) is 0. The van der Waals surface area contributed by atoms with Crippen LogP contribution in [0.3, 0.4) is 0 Å². The molecule has 0 aliphatic carbocycles. The van der Waals surface area contributed by atoms with Gasteiger partial charge >= 0.3 is 0 Å². The van der Waals surface area contributed by atoms with Crippen LogP contribution in [0.4, 0.5) is 11.4 Å². The Labute approximate surface area is 103 Å². The molecule has 1 aromatic carbocycles. The van der Waals surface area contributed by atoms with Crippen LogP contribution in [-0.4, -0.2) is 0 Å². The van der Waals surface area contributed by atoms with E-state index in [0.717, 1.165) is 11.4 Å². The lowest BCUT2D eigenvalue weighted by molar-refractivity contribution is 0.518. The topological polar surface area (TPSA) is 51.2 Å². The van der Waals surface area contributed by atoms with E-state index in [0.29, 0.717) is 22.3 Å². The molecular weight excluding hydrogens is 247 g/mol. The molecule has 5 heteroatoms. The van der Waals surface area contributed by atoms with Gasteiger partial charge in [-0.15, -0.1) is 0 Å². The van der Waals surface area contributed by atoms with Gasteiger partial charge in [0.2, 0.25) is 0 Å². The fraction of sp³-hybridized carbons (Fsp3) is 0.0909. The first-order chi connectivity index (χ1) is 7.66. The van der Waals surface area contributed by atoms with Gasteiger partial charge in [-0.2, -0.15) is 0 Å². The number of nitrogens with two attached hydrogens (primary N) is 1. The van der Waals surface area contributed by atoms with Crippen molar-refractivity contribution in [2.75, 3.05) is 11.1 Å². The fourth-order valence-electron chi connectivity index (χ4n) is 1.31. The van der Waals surface area contributed by atoms with Crippen molar-refractivity contribution in [3.05, 3.63) is 46.3 Å². The summed E-state index contributed by atoms with van der Waals surface area (Å²) in [5, 5.41) is 4.04. The van der Waals surface area contributed by atoms with Crippen LogP contribution >= 0.6 is 23.2 Å². The van der Waals surface area contributed by atoms with Crippen LogP contribution in [0.5, 0.6) is 0 Å². The quantitative estimate of drug-likeness (QED) is 0.822. The summed E-state index contributed by atoms with van der Waals surface area (Å²) in [6.07, 6.45) is 1.62. The minimum Gasteiger partial charge on any atom is -0.467 e. The van der Waals surface area contributed by atoms with Crippen molar-refractivity contribution >= 4 is 34.6 Å². The Bertz CT molecular complexity index is 483. The maximum absolute atomic E-state index is 5.90. The molecule has 2 aromatic rings. The summed E-state index contributed by atoms with van der Waals surface area (Å²) in [5.74, 6) is 0.825. The van der Waals surface area contributed by atoms with E-state index in [1.807, 2.05) is 12.1 Å². The fourth-order valence-corrected chi connectivity index (χ4v) is 1.65. The molecule has 84 valence electrons. The molecule has 2 rings (SSSR count). The highest BCUT2D eigenvalue weighted by Crippen LogP contribution is 2.30. The Morgan fingerprint density at radius 1 is 1.25 bits per heavy atom. The third kappa shape index (κ3) is 2.43. The van der Waals surface area contributed by atoms with Crippen molar-refractivity contribution in [3.8, 4) is 0 Å². The molecule has 1 heterocycles. The summed E-state index contributed by atoms with van der Waals surface area (Å²) < 4.78 is 5.19. The number of furan rings is 1. The van der Waals surface area contributed by atoms with E-state index >= 15 is 0 Å². The molecule has 3 nitrogen and oxygen atoms in total. The van der Waals surface area contributed by atoms with Gasteiger partial charge in [0.25, 0.3) is 0 Å². The molecule has 16 heavy (non-hydrogen) atoms. The Kier molecular flexibility index (Phi) is 3.27. The van der Waals surface area contributed by atoms with Gasteiger partial charge < -0.3 is 15.5 Å². The molecule has 0 saturated heterocycles. The Hall–Kier alpha value is -1.32. The van der Waals surface area contributed by atoms with Gasteiger partial charge in [-0.05, 0) is 24.3 Å². The zero-order valence-corrected chi connectivity index (χ0v) is 9.85. The second-order valence-electron chi connectivity index (χ2n) is 3.29. The molecule has 0 bridgehead atoms. The molecule has 0 radical (unpaired) electrons. The summed E-state index contributed by atoms with van der Waals surface area (Å²) in [7, 11) is 0. The lowest BCUT2D eigenvalue weighted by atomic mass is 10.2. The van der Waals surface area contributed by atoms with E-state index in [9.17, 15) is 0 Å². The van der Waals surface area contributed by atoms with Crippen LogP contribution in [0.1, 0.15) is 5.76 Å². The molecule has 0 atom stereocenters. The SMILES string of the molecule is Nc1cc(Cl)c(Cl)cc1NCc1ccco1. The molecule has 0 aliphatic rings. The number of hydrogen-bond donors (Lipinski definition) is 2. The predicted molar refractivity (Wildman–Crippen MR) is 66.9 cm³/mol. The largest absolute Gasteiger partial charge is 0.467 e. The average molecular weight is 257 g/mol. The zero-order chi connectivity index (χ0) is 11.5. The average Bonchev–Trinajstić information content (AvgIpc) is 2.74.